The Kier molecular flexibility index (Phi) is 4.00. The number of halogens is 2. The van der Waals surface area contributed by atoms with Gasteiger partial charge < -0.3 is 9.47 Å². The van der Waals surface area contributed by atoms with Crippen molar-refractivity contribution < 1.29 is 18.3 Å². The minimum Gasteiger partial charge on any atom is -0.497 e. The van der Waals surface area contributed by atoms with Crippen LogP contribution in [0.1, 0.15) is 11.1 Å². The highest BCUT2D eigenvalue weighted by Crippen LogP contribution is 2.20. The van der Waals surface area contributed by atoms with Gasteiger partial charge in [-0.25, -0.2) is 8.78 Å². The smallest absolute Gasteiger partial charge is 0.133 e. The first-order valence-electron chi connectivity index (χ1n) is 5.81. The van der Waals surface area contributed by atoms with Crippen LogP contribution in [0.5, 0.6) is 11.5 Å². The van der Waals surface area contributed by atoms with E-state index in [1.807, 2.05) is 0 Å². The number of hydrogen-bond donors (Lipinski definition) is 0. The Morgan fingerprint density at radius 3 is 2.32 bits per heavy atom. The summed E-state index contributed by atoms with van der Waals surface area (Å²) in [6, 6.07) is 8.99. The molecule has 0 N–H and O–H groups in total. The molecule has 0 saturated carbocycles. The molecular formula is C15H14F2O2. The molecule has 0 bridgehead atoms. The maximum absolute atomic E-state index is 13.7. The van der Waals surface area contributed by atoms with Crippen molar-refractivity contribution in [2.75, 3.05) is 7.11 Å². The number of benzene rings is 2. The average molecular weight is 264 g/mol. The quantitative estimate of drug-likeness (QED) is 0.834. The number of ether oxygens (including phenoxy) is 2. The largest absolute Gasteiger partial charge is 0.497 e. The average Bonchev–Trinajstić information content (AvgIpc) is 2.41. The summed E-state index contributed by atoms with van der Waals surface area (Å²) in [7, 11) is 1.48. The molecule has 0 radical (unpaired) electrons. The van der Waals surface area contributed by atoms with Crippen LogP contribution in [0.15, 0.2) is 36.4 Å². The van der Waals surface area contributed by atoms with Gasteiger partial charge in [-0.2, -0.15) is 0 Å². The van der Waals surface area contributed by atoms with Crippen molar-refractivity contribution in [3.05, 3.63) is 59.2 Å². The summed E-state index contributed by atoms with van der Waals surface area (Å²) >= 11 is 0. The summed E-state index contributed by atoms with van der Waals surface area (Å²) in [4.78, 5) is 0. The standard InChI is InChI=1S/C15H14F2O2/c1-10-7-13(5-6-14(10)16)19-9-11-3-4-12(18-2)8-15(11)17/h3-8H,9H2,1-2H3. The summed E-state index contributed by atoms with van der Waals surface area (Å²) in [6.07, 6.45) is 0. The Hall–Kier alpha value is -2.10. The molecule has 2 aromatic carbocycles. The van der Waals surface area contributed by atoms with Crippen LogP contribution in [-0.2, 0) is 6.61 Å². The molecule has 0 aliphatic rings. The first-order chi connectivity index (χ1) is 9.10. The molecule has 2 nitrogen and oxygen atoms in total. The summed E-state index contributed by atoms with van der Waals surface area (Å²) in [5.41, 5.74) is 0.912. The molecule has 0 aliphatic carbocycles. The molecule has 2 aromatic rings. The van der Waals surface area contributed by atoms with Crippen molar-refractivity contribution >= 4 is 0 Å². The Morgan fingerprint density at radius 2 is 1.68 bits per heavy atom. The minimum absolute atomic E-state index is 0.0842. The summed E-state index contributed by atoms with van der Waals surface area (Å²) in [5, 5.41) is 0. The molecule has 0 aromatic heterocycles. The highest BCUT2D eigenvalue weighted by molar-refractivity contribution is 5.31. The van der Waals surface area contributed by atoms with Gasteiger partial charge in [0.15, 0.2) is 0 Å². The molecule has 0 unspecified atom stereocenters. The van der Waals surface area contributed by atoms with E-state index in [9.17, 15) is 8.78 Å². The zero-order valence-electron chi connectivity index (χ0n) is 10.7. The van der Waals surface area contributed by atoms with E-state index in [2.05, 4.69) is 0 Å². The molecule has 100 valence electrons. The number of rotatable bonds is 4. The van der Waals surface area contributed by atoms with Crippen LogP contribution < -0.4 is 9.47 Å². The second kappa shape index (κ2) is 5.69. The first-order valence-corrected chi connectivity index (χ1v) is 5.81. The van der Waals surface area contributed by atoms with E-state index >= 15 is 0 Å². The van der Waals surface area contributed by atoms with Gasteiger partial charge in [0.2, 0.25) is 0 Å². The van der Waals surface area contributed by atoms with E-state index in [-0.39, 0.29) is 12.4 Å². The molecule has 4 heteroatoms. The topological polar surface area (TPSA) is 18.5 Å². The van der Waals surface area contributed by atoms with E-state index < -0.39 is 5.82 Å². The van der Waals surface area contributed by atoms with E-state index in [1.165, 1.54) is 25.3 Å². The van der Waals surface area contributed by atoms with Crippen molar-refractivity contribution in [2.24, 2.45) is 0 Å². The second-order valence-electron chi connectivity index (χ2n) is 4.16. The lowest BCUT2D eigenvalue weighted by Gasteiger charge is -2.09. The molecule has 0 heterocycles. The third kappa shape index (κ3) is 3.22. The Morgan fingerprint density at radius 1 is 0.947 bits per heavy atom. The minimum atomic E-state index is -0.391. The summed E-state index contributed by atoms with van der Waals surface area (Å²) in [6.45, 7) is 1.73. The fourth-order valence-electron chi connectivity index (χ4n) is 1.64. The monoisotopic (exact) mass is 264 g/mol. The zero-order chi connectivity index (χ0) is 13.8. The van der Waals surface area contributed by atoms with E-state index in [0.29, 0.717) is 22.6 Å². The summed E-state index contributed by atoms with van der Waals surface area (Å²) < 4.78 is 37.1. The van der Waals surface area contributed by atoms with Crippen LogP contribution >= 0.6 is 0 Å². The van der Waals surface area contributed by atoms with Crippen molar-refractivity contribution in [3.8, 4) is 11.5 Å². The molecule has 0 amide bonds. The first kappa shape index (κ1) is 13.3. The van der Waals surface area contributed by atoms with Crippen LogP contribution in [0.3, 0.4) is 0 Å². The SMILES string of the molecule is COc1ccc(COc2ccc(F)c(C)c2)c(F)c1. The molecule has 2 rings (SSSR count). The fourth-order valence-corrected chi connectivity index (χ4v) is 1.64. The lowest BCUT2D eigenvalue weighted by molar-refractivity contribution is 0.298. The van der Waals surface area contributed by atoms with Gasteiger partial charge in [-0.3, -0.25) is 0 Å². The third-order valence-corrected chi connectivity index (χ3v) is 2.78. The molecule has 0 saturated heterocycles. The summed E-state index contributed by atoms with van der Waals surface area (Å²) in [5.74, 6) is 0.286. The zero-order valence-corrected chi connectivity index (χ0v) is 10.7. The lowest BCUT2D eigenvalue weighted by Crippen LogP contribution is -1.99. The van der Waals surface area contributed by atoms with E-state index in [0.717, 1.165) is 0 Å². The maximum Gasteiger partial charge on any atom is 0.133 e. The predicted molar refractivity (Wildman–Crippen MR) is 68.4 cm³/mol. The molecule has 0 spiro atoms. The Bertz CT molecular complexity index is 582. The van der Waals surface area contributed by atoms with Gasteiger partial charge in [-0.15, -0.1) is 0 Å². The van der Waals surface area contributed by atoms with Crippen molar-refractivity contribution in [3.63, 3.8) is 0 Å². The number of methoxy groups -OCH3 is 1. The lowest BCUT2D eigenvalue weighted by atomic mass is 10.2. The third-order valence-electron chi connectivity index (χ3n) is 2.78. The Balaban J connectivity index is 2.07. The van der Waals surface area contributed by atoms with Crippen molar-refractivity contribution in [2.45, 2.75) is 13.5 Å². The fraction of sp³-hybridized carbons (Fsp3) is 0.200. The maximum atomic E-state index is 13.7. The van der Waals surface area contributed by atoms with Gasteiger partial charge in [0.05, 0.1) is 7.11 Å². The van der Waals surface area contributed by atoms with E-state index in [1.54, 1.807) is 25.1 Å². The van der Waals surface area contributed by atoms with Crippen LogP contribution in [0.4, 0.5) is 8.78 Å². The number of aryl methyl sites for hydroxylation is 1. The second-order valence-corrected chi connectivity index (χ2v) is 4.16. The Labute approximate surface area is 110 Å². The van der Waals surface area contributed by atoms with Gasteiger partial charge >= 0.3 is 0 Å². The highest BCUT2D eigenvalue weighted by atomic mass is 19.1. The molecule has 0 aliphatic heterocycles. The van der Waals surface area contributed by atoms with Crippen LogP contribution in [0.2, 0.25) is 0 Å². The van der Waals surface area contributed by atoms with E-state index in [4.69, 9.17) is 9.47 Å². The van der Waals surface area contributed by atoms with Gasteiger partial charge in [-0.1, -0.05) is 0 Å². The van der Waals surface area contributed by atoms with Crippen LogP contribution in [-0.4, -0.2) is 7.11 Å². The molecule has 19 heavy (non-hydrogen) atoms. The van der Waals surface area contributed by atoms with Crippen molar-refractivity contribution in [1.82, 2.24) is 0 Å². The van der Waals surface area contributed by atoms with Gasteiger partial charge in [-0.05, 0) is 42.8 Å². The van der Waals surface area contributed by atoms with Crippen LogP contribution in [0, 0.1) is 18.6 Å². The highest BCUT2D eigenvalue weighted by Gasteiger charge is 2.06. The van der Waals surface area contributed by atoms with Gasteiger partial charge in [0.1, 0.15) is 29.7 Å². The van der Waals surface area contributed by atoms with Crippen molar-refractivity contribution in [1.29, 1.82) is 0 Å². The predicted octanol–water partition coefficient (Wildman–Crippen LogP) is 3.86. The molecule has 0 atom stereocenters. The number of hydrogen-bond acceptors (Lipinski definition) is 2. The van der Waals surface area contributed by atoms with Gasteiger partial charge in [0.25, 0.3) is 0 Å². The normalized spacial score (nSPS) is 10.3. The molecular weight excluding hydrogens is 250 g/mol. The molecule has 0 fully saturated rings. The van der Waals surface area contributed by atoms with Crippen LogP contribution in [0.25, 0.3) is 0 Å². The van der Waals surface area contributed by atoms with Gasteiger partial charge in [0, 0.05) is 11.6 Å².